The van der Waals surface area contributed by atoms with Crippen molar-refractivity contribution in [1.29, 1.82) is 0 Å². The van der Waals surface area contributed by atoms with Crippen LogP contribution in [0.25, 0.3) is 5.78 Å². The number of methoxy groups -OCH3 is 1. The van der Waals surface area contributed by atoms with Gasteiger partial charge in [-0.1, -0.05) is 0 Å². The molecule has 2 aromatic heterocycles. The first-order chi connectivity index (χ1) is 10.3. The minimum Gasteiger partial charge on any atom is -0.378 e. The molecule has 0 saturated carbocycles. The molecule has 21 heavy (non-hydrogen) atoms. The zero-order valence-electron chi connectivity index (χ0n) is 12.5. The van der Waals surface area contributed by atoms with Crippen LogP contribution in [0.1, 0.15) is 25.5 Å². The Labute approximate surface area is 123 Å². The molecule has 0 bridgehead atoms. The van der Waals surface area contributed by atoms with E-state index in [1.165, 1.54) is 6.33 Å². The molecule has 0 aromatic carbocycles. The number of hydrogen-bond acceptors (Lipinski definition) is 6. The molecule has 1 fully saturated rings. The molecular formula is C14H21N5O2. The highest BCUT2D eigenvalue weighted by Gasteiger charge is 2.23. The lowest BCUT2D eigenvalue weighted by Gasteiger charge is -2.34. The fraction of sp³-hybridized carbons (Fsp3) is 0.643. The Balaban J connectivity index is 1.92. The van der Waals surface area contributed by atoms with Gasteiger partial charge in [-0.05, 0) is 19.8 Å². The Hall–Kier alpha value is -1.73. The van der Waals surface area contributed by atoms with Gasteiger partial charge >= 0.3 is 0 Å². The van der Waals surface area contributed by atoms with Crippen molar-refractivity contribution >= 4 is 11.6 Å². The Morgan fingerprint density at radius 2 is 2.33 bits per heavy atom. The highest BCUT2D eigenvalue weighted by Crippen LogP contribution is 2.22. The van der Waals surface area contributed by atoms with Crippen molar-refractivity contribution < 1.29 is 9.47 Å². The lowest BCUT2D eigenvalue weighted by molar-refractivity contribution is 0.0524. The SMILES string of the molecule is CCOC1CCCN(c2cc(COC)nc3ncnn23)C1. The third-order valence-corrected chi connectivity index (χ3v) is 3.68. The molecule has 0 amide bonds. The monoisotopic (exact) mass is 291 g/mol. The zero-order chi connectivity index (χ0) is 14.7. The molecule has 1 aliphatic heterocycles. The number of anilines is 1. The highest BCUT2D eigenvalue weighted by molar-refractivity contribution is 5.47. The van der Waals surface area contributed by atoms with E-state index in [0.717, 1.165) is 44.0 Å². The summed E-state index contributed by atoms with van der Waals surface area (Å²) in [5.41, 5.74) is 0.867. The van der Waals surface area contributed by atoms with E-state index >= 15 is 0 Å². The Bertz CT molecular complexity index is 598. The van der Waals surface area contributed by atoms with E-state index in [-0.39, 0.29) is 6.10 Å². The van der Waals surface area contributed by atoms with Gasteiger partial charge in [0.15, 0.2) is 0 Å². The first-order valence-corrected chi connectivity index (χ1v) is 7.37. The highest BCUT2D eigenvalue weighted by atomic mass is 16.5. The molecule has 3 rings (SSSR count). The van der Waals surface area contributed by atoms with E-state index in [1.54, 1.807) is 11.6 Å². The average Bonchev–Trinajstić information content (AvgIpc) is 2.96. The lowest BCUT2D eigenvalue weighted by Crippen LogP contribution is -2.40. The maximum atomic E-state index is 5.78. The van der Waals surface area contributed by atoms with Gasteiger partial charge in [0, 0.05) is 32.9 Å². The summed E-state index contributed by atoms with van der Waals surface area (Å²) >= 11 is 0. The van der Waals surface area contributed by atoms with Crippen LogP contribution in [0.5, 0.6) is 0 Å². The molecule has 0 N–H and O–H groups in total. The van der Waals surface area contributed by atoms with Crippen molar-refractivity contribution in [2.45, 2.75) is 32.5 Å². The second-order valence-corrected chi connectivity index (χ2v) is 5.18. The summed E-state index contributed by atoms with van der Waals surface area (Å²) in [7, 11) is 1.67. The molecule has 0 spiro atoms. The summed E-state index contributed by atoms with van der Waals surface area (Å²) in [4.78, 5) is 10.9. The maximum absolute atomic E-state index is 5.78. The van der Waals surface area contributed by atoms with Crippen molar-refractivity contribution in [2.24, 2.45) is 0 Å². The van der Waals surface area contributed by atoms with Crippen LogP contribution in [0.15, 0.2) is 12.4 Å². The number of fused-ring (bicyclic) bond motifs is 1. The predicted octanol–water partition coefficient (Wildman–Crippen LogP) is 1.28. The topological polar surface area (TPSA) is 64.8 Å². The van der Waals surface area contributed by atoms with Gasteiger partial charge in [-0.15, -0.1) is 0 Å². The van der Waals surface area contributed by atoms with Crippen LogP contribution in [-0.2, 0) is 16.1 Å². The molecule has 114 valence electrons. The molecule has 0 radical (unpaired) electrons. The number of hydrogen-bond donors (Lipinski definition) is 0. The van der Waals surface area contributed by atoms with Crippen LogP contribution in [0, 0.1) is 0 Å². The fourth-order valence-corrected chi connectivity index (χ4v) is 2.81. The average molecular weight is 291 g/mol. The van der Waals surface area contributed by atoms with Crippen LogP contribution in [0.2, 0.25) is 0 Å². The minimum absolute atomic E-state index is 0.279. The number of rotatable bonds is 5. The van der Waals surface area contributed by atoms with Crippen molar-refractivity contribution in [1.82, 2.24) is 19.6 Å². The van der Waals surface area contributed by atoms with Gasteiger partial charge in [0.25, 0.3) is 5.78 Å². The summed E-state index contributed by atoms with van der Waals surface area (Å²) in [6.45, 7) is 5.13. The van der Waals surface area contributed by atoms with E-state index in [1.807, 2.05) is 13.0 Å². The Morgan fingerprint density at radius 1 is 1.43 bits per heavy atom. The largest absolute Gasteiger partial charge is 0.378 e. The van der Waals surface area contributed by atoms with Gasteiger partial charge in [-0.25, -0.2) is 4.98 Å². The first-order valence-electron chi connectivity index (χ1n) is 7.37. The summed E-state index contributed by atoms with van der Waals surface area (Å²) in [5.74, 6) is 1.62. The summed E-state index contributed by atoms with van der Waals surface area (Å²) in [6.07, 6.45) is 4.04. The van der Waals surface area contributed by atoms with Crippen molar-refractivity contribution in [3.8, 4) is 0 Å². The van der Waals surface area contributed by atoms with Gasteiger partial charge in [0.1, 0.15) is 12.1 Å². The van der Waals surface area contributed by atoms with Crippen molar-refractivity contribution in [3.63, 3.8) is 0 Å². The standard InChI is InChI=1S/C14H21N5O2/c1-3-21-12-5-4-6-18(8-12)13-7-11(9-20-2)17-14-15-10-16-19(13)14/h7,10,12H,3-6,8-9H2,1-2H3. The van der Waals surface area contributed by atoms with E-state index in [9.17, 15) is 0 Å². The molecule has 2 aromatic rings. The van der Waals surface area contributed by atoms with Gasteiger partial charge in [-0.3, -0.25) is 0 Å². The van der Waals surface area contributed by atoms with Crippen molar-refractivity contribution in [2.75, 3.05) is 31.7 Å². The van der Waals surface area contributed by atoms with E-state index < -0.39 is 0 Å². The summed E-state index contributed by atoms with van der Waals surface area (Å²) < 4.78 is 12.8. The molecule has 0 aliphatic carbocycles. The van der Waals surface area contributed by atoms with Crippen LogP contribution in [0.3, 0.4) is 0 Å². The van der Waals surface area contributed by atoms with Crippen LogP contribution < -0.4 is 4.90 Å². The third kappa shape index (κ3) is 2.98. The maximum Gasteiger partial charge on any atom is 0.254 e. The molecule has 1 aliphatic rings. The fourth-order valence-electron chi connectivity index (χ4n) is 2.81. The predicted molar refractivity (Wildman–Crippen MR) is 78.4 cm³/mol. The molecular weight excluding hydrogens is 270 g/mol. The second kappa shape index (κ2) is 6.36. The minimum atomic E-state index is 0.279. The molecule has 3 heterocycles. The smallest absolute Gasteiger partial charge is 0.254 e. The van der Waals surface area contributed by atoms with E-state index in [4.69, 9.17) is 9.47 Å². The van der Waals surface area contributed by atoms with E-state index in [2.05, 4.69) is 20.0 Å². The van der Waals surface area contributed by atoms with Gasteiger partial charge in [-0.2, -0.15) is 14.6 Å². The van der Waals surface area contributed by atoms with Gasteiger partial charge in [0.2, 0.25) is 0 Å². The number of ether oxygens (including phenoxy) is 2. The quantitative estimate of drug-likeness (QED) is 0.827. The van der Waals surface area contributed by atoms with E-state index in [0.29, 0.717) is 12.4 Å². The molecule has 1 atom stereocenters. The van der Waals surface area contributed by atoms with Crippen molar-refractivity contribution in [3.05, 3.63) is 18.1 Å². The normalized spacial score (nSPS) is 19.3. The number of piperidine rings is 1. The van der Waals surface area contributed by atoms with Gasteiger partial charge < -0.3 is 14.4 Å². The molecule has 7 heteroatoms. The number of aromatic nitrogens is 4. The lowest BCUT2D eigenvalue weighted by atomic mass is 10.1. The molecule has 1 saturated heterocycles. The second-order valence-electron chi connectivity index (χ2n) is 5.18. The molecule has 7 nitrogen and oxygen atoms in total. The van der Waals surface area contributed by atoms with Crippen LogP contribution in [0.4, 0.5) is 5.82 Å². The third-order valence-electron chi connectivity index (χ3n) is 3.68. The van der Waals surface area contributed by atoms with Gasteiger partial charge in [0.05, 0.1) is 18.4 Å². The Morgan fingerprint density at radius 3 is 3.14 bits per heavy atom. The molecule has 1 unspecified atom stereocenters. The first kappa shape index (κ1) is 14.2. The zero-order valence-corrected chi connectivity index (χ0v) is 12.5. The number of nitrogens with zero attached hydrogens (tertiary/aromatic N) is 5. The summed E-state index contributed by atoms with van der Waals surface area (Å²) in [5, 5.41) is 4.29. The summed E-state index contributed by atoms with van der Waals surface area (Å²) in [6, 6.07) is 2.03. The Kier molecular flexibility index (Phi) is 4.31. The van der Waals surface area contributed by atoms with Crippen LogP contribution >= 0.6 is 0 Å². The van der Waals surface area contributed by atoms with Crippen LogP contribution in [-0.4, -0.2) is 52.5 Å².